The van der Waals surface area contributed by atoms with Crippen LogP contribution in [0.25, 0.3) is 0 Å². The van der Waals surface area contributed by atoms with Crippen LogP contribution in [0.1, 0.15) is 0 Å². The van der Waals surface area contributed by atoms with Gasteiger partial charge in [-0.15, -0.1) is 0 Å². The first-order valence-electron chi connectivity index (χ1n) is 4.88. The van der Waals surface area contributed by atoms with E-state index in [1.807, 2.05) is 18.2 Å². The summed E-state index contributed by atoms with van der Waals surface area (Å²) in [6.07, 6.45) is 0. The number of nitriles is 1. The van der Waals surface area contributed by atoms with Crippen LogP contribution in [0.2, 0.25) is 0 Å². The number of ether oxygens (including phenoxy) is 1. The molecule has 1 aromatic rings. The second-order valence-electron chi connectivity index (χ2n) is 3.14. The molecule has 1 rings (SSSR count). The Morgan fingerprint density at radius 1 is 1.59 bits per heavy atom. The summed E-state index contributed by atoms with van der Waals surface area (Å²) in [5.74, 6) is 0.459. The Labute approximate surface area is 108 Å². The third-order valence-corrected chi connectivity index (χ3v) is 2.62. The minimum absolute atomic E-state index is 0.0180. The molecule has 1 amide bonds. The Bertz CT molecular complexity index is 443. The zero-order valence-corrected chi connectivity index (χ0v) is 10.9. The van der Waals surface area contributed by atoms with Crippen molar-refractivity contribution in [2.45, 2.75) is 0 Å². The number of methoxy groups -OCH3 is 1. The summed E-state index contributed by atoms with van der Waals surface area (Å²) in [6.45, 7) is 0.136. The van der Waals surface area contributed by atoms with Gasteiger partial charge >= 0.3 is 0 Å². The lowest BCUT2D eigenvalue weighted by atomic mass is 10.3. The van der Waals surface area contributed by atoms with Crippen LogP contribution in [0.5, 0.6) is 5.75 Å². The SMILES string of the molecule is COc1cc(NCC(=O)NCC#N)ccc1Br. The number of hydrogen-bond donors (Lipinski definition) is 2. The van der Waals surface area contributed by atoms with Crippen LogP contribution < -0.4 is 15.4 Å². The van der Waals surface area contributed by atoms with E-state index in [2.05, 4.69) is 26.6 Å². The molecule has 0 aliphatic rings. The number of amides is 1. The zero-order valence-electron chi connectivity index (χ0n) is 9.29. The minimum atomic E-state index is -0.228. The minimum Gasteiger partial charge on any atom is -0.495 e. The van der Waals surface area contributed by atoms with Crippen molar-refractivity contribution in [2.24, 2.45) is 0 Å². The largest absolute Gasteiger partial charge is 0.495 e. The lowest BCUT2D eigenvalue weighted by molar-refractivity contribution is -0.119. The van der Waals surface area contributed by atoms with Gasteiger partial charge in [0, 0.05) is 11.8 Å². The molecule has 0 radical (unpaired) electrons. The molecule has 0 aromatic heterocycles. The van der Waals surface area contributed by atoms with Gasteiger partial charge in [0.15, 0.2) is 0 Å². The summed E-state index contributed by atoms with van der Waals surface area (Å²) >= 11 is 3.34. The highest BCUT2D eigenvalue weighted by molar-refractivity contribution is 9.10. The van der Waals surface area contributed by atoms with Gasteiger partial charge in [-0.25, -0.2) is 0 Å². The van der Waals surface area contributed by atoms with Crippen molar-refractivity contribution >= 4 is 27.5 Å². The molecular formula is C11H12BrN3O2. The molecule has 0 atom stereocenters. The average Bonchev–Trinajstić information content (AvgIpc) is 2.35. The predicted molar refractivity (Wildman–Crippen MR) is 67.8 cm³/mol. The van der Waals surface area contributed by atoms with Gasteiger partial charge in [-0.1, -0.05) is 0 Å². The first-order chi connectivity index (χ1) is 8.17. The Balaban J connectivity index is 2.52. The fraction of sp³-hybridized carbons (Fsp3) is 0.273. The Morgan fingerprint density at radius 2 is 2.35 bits per heavy atom. The van der Waals surface area contributed by atoms with Gasteiger partial charge in [0.25, 0.3) is 0 Å². The summed E-state index contributed by atoms with van der Waals surface area (Å²) in [6, 6.07) is 7.27. The van der Waals surface area contributed by atoms with E-state index in [1.54, 1.807) is 13.2 Å². The van der Waals surface area contributed by atoms with Gasteiger partial charge in [-0.3, -0.25) is 4.79 Å². The summed E-state index contributed by atoms with van der Waals surface area (Å²) in [7, 11) is 1.57. The Kier molecular flexibility index (Phi) is 5.30. The van der Waals surface area contributed by atoms with Crippen molar-refractivity contribution < 1.29 is 9.53 Å². The van der Waals surface area contributed by atoms with Gasteiger partial charge < -0.3 is 15.4 Å². The number of rotatable bonds is 5. The molecule has 0 aliphatic heterocycles. The summed E-state index contributed by atoms with van der Waals surface area (Å²) in [5, 5.41) is 13.7. The van der Waals surface area contributed by atoms with E-state index < -0.39 is 0 Å². The van der Waals surface area contributed by atoms with Crippen molar-refractivity contribution in [3.05, 3.63) is 22.7 Å². The average molecular weight is 298 g/mol. The van der Waals surface area contributed by atoms with Crippen molar-refractivity contribution in [3.8, 4) is 11.8 Å². The van der Waals surface area contributed by atoms with Gasteiger partial charge in [0.1, 0.15) is 12.3 Å². The van der Waals surface area contributed by atoms with E-state index in [4.69, 9.17) is 10.00 Å². The van der Waals surface area contributed by atoms with Crippen molar-refractivity contribution in [1.82, 2.24) is 5.32 Å². The first kappa shape index (κ1) is 13.3. The molecule has 0 heterocycles. The summed E-state index contributed by atoms with van der Waals surface area (Å²) in [5.41, 5.74) is 0.775. The fourth-order valence-corrected chi connectivity index (χ4v) is 1.56. The molecule has 17 heavy (non-hydrogen) atoms. The molecule has 0 saturated carbocycles. The molecule has 0 saturated heterocycles. The van der Waals surface area contributed by atoms with Crippen LogP contribution >= 0.6 is 15.9 Å². The number of nitrogens with one attached hydrogen (secondary N) is 2. The quantitative estimate of drug-likeness (QED) is 0.808. The number of halogens is 1. The van der Waals surface area contributed by atoms with E-state index in [1.165, 1.54) is 0 Å². The maximum Gasteiger partial charge on any atom is 0.240 e. The molecule has 0 unspecified atom stereocenters. The predicted octanol–water partition coefficient (Wildman–Crippen LogP) is 1.51. The van der Waals surface area contributed by atoms with Gasteiger partial charge in [-0.2, -0.15) is 5.26 Å². The van der Waals surface area contributed by atoms with Gasteiger partial charge in [-0.05, 0) is 28.1 Å². The Hall–Kier alpha value is -1.74. The highest BCUT2D eigenvalue weighted by atomic mass is 79.9. The van der Waals surface area contributed by atoms with Crippen LogP contribution in [0.15, 0.2) is 22.7 Å². The molecule has 90 valence electrons. The van der Waals surface area contributed by atoms with Crippen LogP contribution in [0.4, 0.5) is 5.69 Å². The highest BCUT2D eigenvalue weighted by Gasteiger charge is 2.03. The topological polar surface area (TPSA) is 74.2 Å². The van der Waals surface area contributed by atoms with E-state index in [-0.39, 0.29) is 19.0 Å². The van der Waals surface area contributed by atoms with Crippen molar-refractivity contribution in [2.75, 3.05) is 25.5 Å². The lowest BCUT2D eigenvalue weighted by Crippen LogP contribution is -2.29. The molecule has 5 nitrogen and oxygen atoms in total. The molecule has 2 N–H and O–H groups in total. The number of carbonyl (C=O) groups is 1. The van der Waals surface area contributed by atoms with Crippen LogP contribution in [0, 0.1) is 11.3 Å². The molecule has 1 aromatic carbocycles. The number of carbonyl (C=O) groups excluding carboxylic acids is 1. The summed E-state index contributed by atoms with van der Waals surface area (Å²) in [4.78, 5) is 11.2. The second kappa shape index (κ2) is 6.76. The summed E-state index contributed by atoms with van der Waals surface area (Å²) < 4.78 is 5.97. The third-order valence-electron chi connectivity index (χ3n) is 1.97. The fourth-order valence-electron chi connectivity index (χ4n) is 1.15. The van der Waals surface area contributed by atoms with Crippen LogP contribution in [-0.4, -0.2) is 26.1 Å². The smallest absolute Gasteiger partial charge is 0.240 e. The molecule has 0 bridgehead atoms. The first-order valence-corrected chi connectivity index (χ1v) is 5.67. The number of anilines is 1. The van der Waals surface area contributed by atoms with Gasteiger partial charge in [0.2, 0.25) is 5.91 Å². The Morgan fingerprint density at radius 3 is 3.00 bits per heavy atom. The maximum absolute atomic E-state index is 11.2. The van der Waals surface area contributed by atoms with Crippen LogP contribution in [-0.2, 0) is 4.79 Å². The number of hydrogen-bond acceptors (Lipinski definition) is 4. The van der Waals surface area contributed by atoms with E-state index in [0.29, 0.717) is 5.75 Å². The normalized spacial score (nSPS) is 9.24. The third kappa shape index (κ3) is 4.33. The number of benzene rings is 1. The zero-order chi connectivity index (χ0) is 12.7. The number of nitrogens with zero attached hydrogens (tertiary/aromatic N) is 1. The molecule has 0 fully saturated rings. The van der Waals surface area contributed by atoms with Crippen molar-refractivity contribution in [1.29, 1.82) is 5.26 Å². The van der Waals surface area contributed by atoms with Crippen LogP contribution in [0.3, 0.4) is 0 Å². The van der Waals surface area contributed by atoms with E-state index in [0.717, 1.165) is 10.2 Å². The second-order valence-corrected chi connectivity index (χ2v) is 3.99. The van der Waals surface area contributed by atoms with Crippen molar-refractivity contribution in [3.63, 3.8) is 0 Å². The molecule has 6 heteroatoms. The van der Waals surface area contributed by atoms with E-state index in [9.17, 15) is 4.79 Å². The van der Waals surface area contributed by atoms with E-state index >= 15 is 0 Å². The van der Waals surface area contributed by atoms with Gasteiger partial charge in [0.05, 0.1) is 24.2 Å². The monoisotopic (exact) mass is 297 g/mol. The standard InChI is InChI=1S/C11H12BrN3O2/c1-17-10-6-8(2-3-9(10)12)15-7-11(16)14-5-4-13/h2-3,6,15H,5,7H2,1H3,(H,14,16). The molecular weight excluding hydrogens is 286 g/mol. The highest BCUT2D eigenvalue weighted by Crippen LogP contribution is 2.27. The maximum atomic E-state index is 11.2. The lowest BCUT2D eigenvalue weighted by Gasteiger charge is -2.08. The molecule has 0 aliphatic carbocycles. The molecule has 0 spiro atoms.